The van der Waals surface area contributed by atoms with Gasteiger partial charge in [-0.25, -0.2) is 4.39 Å². The summed E-state index contributed by atoms with van der Waals surface area (Å²) in [7, 11) is 0. The van der Waals surface area contributed by atoms with Gasteiger partial charge in [0.1, 0.15) is 5.82 Å². The van der Waals surface area contributed by atoms with Crippen molar-refractivity contribution < 1.29 is 9.18 Å². The number of amides is 1. The largest absolute Gasteiger partial charge is 0.381 e. The number of hydrogen-bond donors (Lipinski definition) is 3. The Kier molecular flexibility index (Phi) is 4.60. The molecular weight excluding hydrogens is 359 g/mol. The van der Waals surface area contributed by atoms with Gasteiger partial charge in [-0.05, 0) is 36.6 Å². The third kappa shape index (κ3) is 3.14. The van der Waals surface area contributed by atoms with Crippen molar-refractivity contribution >= 4 is 22.5 Å². The Morgan fingerprint density at radius 1 is 1.21 bits per heavy atom. The van der Waals surface area contributed by atoms with Crippen molar-refractivity contribution in [2.24, 2.45) is 11.5 Å². The number of pyridine rings is 1. The summed E-state index contributed by atoms with van der Waals surface area (Å²) < 4.78 is 16.6. The molecule has 0 aliphatic heterocycles. The first-order valence-electron chi connectivity index (χ1n) is 9.22. The molecule has 1 fully saturated rings. The summed E-state index contributed by atoms with van der Waals surface area (Å²) in [6.45, 7) is 0.801. The molecule has 144 valence electrons. The minimum Gasteiger partial charge on any atom is -0.381 e. The Morgan fingerprint density at radius 3 is 2.64 bits per heavy atom. The highest BCUT2D eigenvalue weighted by Crippen LogP contribution is 2.39. The van der Waals surface area contributed by atoms with Crippen molar-refractivity contribution in [3.63, 3.8) is 0 Å². The molecule has 1 saturated carbocycles. The first-order valence-corrected chi connectivity index (χ1v) is 9.22. The SMILES string of the molecule is NCCNc1cc2c(cc1F)c(=O)c(-c1ccccc1C(N)=O)cn2C1CC1. The van der Waals surface area contributed by atoms with Crippen LogP contribution in [-0.2, 0) is 0 Å². The van der Waals surface area contributed by atoms with E-state index < -0.39 is 11.7 Å². The van der Waals surface area contributed by atoms with E-state index in [4.69, 9.17) is 11.5 Å². The third-order valence-corrected chi connectivity index (χ3v) is 5.00. The molecule has 5 N–H and O–H groups in total. The minimum atomic E-state index is -0.611. The average molecular weight is 380 g/mol. The van der Waals surface area contributed by atoms with Gasteiger partial charge in [0.15, 0.2) is 5.43 Å². The van der Waals surface area contributed by atoms with Gasteiger partial charge in [-0.3, -0.25) is 9.59 Å². The first kappa shape index (κ1) is 18.2. The Bertz CT molecular complexity index is 1140. The van der Waals surface area contributed by atoms with E-state index in [2.05, 4.69) is 5.32 Å². The number of primary amides is 1. The first-order chi connectivity index (χ1) is 13.5. The van der Waals surface area contributed by atoms with Gasteiger partial charge in [0, 0.05) is 41.8 Å². The molecule has 0 saturated heterocycles. The number of nitrogens with two attached hydrogens (primary N) is 2. The number of hydrogen-bond acceptors (Lipinski definition) is 4. The number of nitrogens with one attached hydrogen (secondary N) is 1. The lowest BCUT2D eigenvalue weighted by Crippen LogP contribution is -2.17. The Hall–Kier alpha value is -3.19. The Balaban J connectivity index is 1.99. The number of nitrogens with zero attached hydrogens (tertiary/aromatic N) is 1. The van der Waals surface area contributed by atoms with Gasteiger partial charge in [-0.2, -0.15) is 0 Å². The van der Waals surface area contributed by atoms with Crippen molar-refractivity contribution in [1.29, 1.82) is 0 Å². The van der Waals surface area contributed by atoms with Crippen LogP contribution in [0.5, 0.6) is 0 Å². The van der Waals surface area contributed by atoms with Crippen LogP contribution in [-0.4, -0.2) is 23.6 Å². The van der Waals surface area contributed by atoms with Gasteiger partial charge in [0.2, 0.25) is 5.91 Å². The lowest BCUT2D eigenvalue weighted by atomic mass is 9.98. The second-order valence-corrected chi connectivity index (χ2v) is 6.98. The van der Waals surface area contributed by atoms with E-state index in [9.17, 15) is 14.0 Å². The molecule has 0 spiro atoms. The highest BCUT2D eigenvalue weighted by atomic mass is 19.1. The predicted octanol–water partition coefficient (Wildman–Crippen LogP) is 2.61. The average Bonchev–Trinajstić information content (AvgIpc) is 3.52. The summed E-state index contributed by atoms with van der Waals surface area (Å²) in [5.41, 5.74) is 12.7. The fraction of sp³-hybridized carbons (Fsp3) is 0.238. The normalized spacial score (nSPS) is 13.6. The Morgan fingerprint density at radius 2 is 1.96 bits per heavy atom. The van der Waals surface area contributed by atoms with Gasteiger partial charge in [-0.1, -0.05) is 18.2 Å². The molecule has 0 radical (unpaired) electrons. The molecule has 1 aliphatic carbocycles. The van der Waals surface area contributed by atoms with Gasteiger partial charge in [-0.15, -0.1) is 0 Å². The molecule has 3 aromatic rings. The van der Waals surface area contributed by atoms with Crippen LogP contribution in [0.25, 0.3) is 22.0 Å². The van der Waals surface area contributed by atoms with Gasteiger partial charge < -0.3 is 21.4 Å². The molecule has 2 aromatic carbocycles. The lowest BCUT2D eigenvalue weighted by molar-refractivity contribution is 0.100. The van der Waals surface area contributed by atoms with Gasteiger partial charge in [0.25, 0.3) is 0 Å². The summed E-state index contributed by atoms with van der Waals surface area (Å²) in [5, 5.41) is 3.23. The quantitative estimate of drug-likeness (QED) is 0.611. The maximum atomic E-state index is 14.6. The standard InChI is InChI=1S/C21H21FN4O2/c22-17-9-15-19(10-18(17)25-8-7-23)26(12-5-6-12)11-16(20(15)27)13-3-1-2-4-14(13)21(24)28/h1-4,9-12,25H,5-8,23H2,(H2,24,28). The molecule has 28 heavy (non-hydrogen) atoms. The molecular formula is C21H21FN4O2. The number of fused-ring (bicyclic) bond motifs is 1. The number of benzene rings is 2. The summed E-state index contributed by atoms with van der Waals surface area (Å²) in [6, 6.07) is 9.87. The van der Waals surface area contributed by atoms with E-state index in [1.165, 1.54) is 6.07 Å². The monoisotopic (exact) mass is 380 g/mol. The summed E-state index contributed by atoms with van der Waals surface area (Å²) in [5.74, 6) is -1.12. The molecule has 0 unspecified atom stereocenters. The fourth-order valence-electron chi connectivity index (χ4n) is 3.49. The number of halogens is 1. The minimum absolute atomic E-state index is 0.246. The zero-order valence-corrected chi connectivity index (χ0v) is 15.2. The maximum Gasteiger partial charge on any atom is 0.249 e. The van der Waals surface area contributed by atoms with Crippen LogP contribution in [0.1, 0.15) is 29.2 Å². The molecule has 1 aromatic heterocycles. The number of aromatic nitrogens is 1. The maximum absolute atomic E-state index is 14.6. The number of carbonyl (C=O) groups is 1. The highest BCUT2D eigenvalue weighted by Gasteiger charge is 2.27. The Labute approximate surface area is 161 Å². The summed E-state index contributed by atoms with van der Waals surface area (Å²) >= 11 is 0. The van der Waals surface area contributed by atoms with Crippen molar-refractivity contribution in [2.45, 2.75) is 18.9 Å². The second-order valence-electron chi connectivity index (χ2n) is 6.98. The van der Waals surface area contributed by atoms with Crippen molar-refractivity contribution in [1.82, 2.24) is 4.57 Å². The molecule has 1 heterocycles. The molecule has 1 amide bonds. The third-order valence-electron chi connectivity index (χ3n) is 5.00. The van der Waals surface area contributed by atoms with Gasteiger partial charge in [0.05, 0.1) is 11.2 Å². The molecule has 1 aliphatic rings. The van der Waals surface area contributed by atoms with E-state index in [0.717, 1.165) is 12.8 Å². The topological polar surface area (TPSA) is 103 Å². The van der Waals surface area contributed by atoms with Crippen LogP contribution in [0.4, 0.5) is 10.1 Å². The zero-order chi connectivity index (χ0) is 19.8. The number of carbonyl (C=O) groups excluding carboxylic acids is 1. The summed E-state index contributed by atoms with van der Waals surface area (Å²) in [6.07, 6.45) is 3.73. The molecule has 6 nitrogen and oxygen atoms in total. The fourth-order valence-corrected chi connectivity index (χ4v) is 3.49. The van der Waals surface area contributed by atoms with Gasteiger partial charge >= 0.3 is 0 Å². The highest BCUT2D eigenvalue weighted by molar-refractivity contribution is 6.00. The molecule has 0 bridgehead atoms. The van der Waals surface area contributed by atoms with E-state index >= 15 is 0 Å². The molecule has 0 atom stereocenters. The smallest absolute Gasteiger partial charge is 0.249 e. The van der Waals surface area contributed by atoms with Crippen LogP contribution < -0.4 is 22.2 Å². The van der Waals surface area contributed by atoms with Crippen LogP contribution in [0.15, 0.2) is 47.4 Å². The molecule has 7 heteroatoms. The lowest BCUT2D eigenvalue weighted by Gasteiger charge is -2.16. The van der Waals surface area contributed by atoms with E-state index in [0.29, 0.717) is 35.4 Å². The van der Waals surface area contributed by atoms with Crippen molar-refractivity contribution in [3.05, 3.63) is 64.2 Å². The van der Waals surface area contributed by atoms with Crippen LogP contribution in [0.3, 0.4) is 0 Å². The van der Waals surface area contributed by atoms with E-state index in [-0.39, 0.29) is 22.4 Å². The van der Waals surface area contributed by atoms with E-state index in [1.54, 1.807) is 36.5 Å². The predicted molar refractivity (Wildman–Crippen MR) is 108 cm³/mol. The second kappa shape index (κ2) is 7.09. The summed E-state index contributed by atoms with van der Waals surface area (Å²) in [4.78, 5) is 25.0. The van der Waals surface area contributed by atoms with Crippen molar-refractivity contribution in [3.8, 4) is 11.1 Å². The van der Waals surface area contributed by atoms with Crippen molar-refractivity contribution in [2.75, 3.05) is 18.4 Å². The van der Waals surface area contributed by atoms with Crippen LogP contribution in [0, 0.1) is 5.82 Å². The number of anilines is 1. The zero-order valence-electron chi connectivity index (χ0n) is 15.2. The van der Waals surface area contributed by atoms with Crippen LogP contribution in [0.2, 0.25) is 0 Å². The van der Waals surface area contributed by atoms with Crippen LogP contribution >= 0.6 is 0 Å². The van der Waals surface area contributed by atoms with E-state index in [1.807, 2.05) is 4.57 Å². The number of rotatable bonds is 6. The molecule has 4 rings (SSSR count).